The number of aromatic nitrogens is 4. The first-order valence-electron chi connectivity index (χ1n) is 6.65. The standard InChI is InChI=1S/C15H16N4O/c1-11(2)9-18-10-16-14-13(15(18)20)8-17-19(14)12-6-4-3-5-7-12/h3-8,10-11H,9H2,1-2H3. The molecule has 0 aliphatic heterocycles. The van der Waals surface area contributed by atoms with Crippen LogP contribution in [0.1, 0.15) is 13.8 Å². The summed E-state index contributed by atoms with van der Waals surface area (Å²) < 4.78 is 3.33. The number of hydrogen-bond acceptors (Lipinski definition) is 3. The van der Waals surface area contributed by atoms with Gasteiger partial charge in [-0.05, 0) is 18.1 Å². The smallest absolute Gasteiger partial charge is 0.264 e. The fraction of sp³-hybridized carbons (Fsp3) is 0.267. The minimum absolute atomic E-state index is 0.0362. The Morgan fingerprint density at radius 2 is 1.95 bits per heavy atom. The lowest BCUT2D eigenvalue weighted by atomic mass is 10.2. The van der Waals surface area contributed by atoms with E-state index in [1.54, 1.807) is 21.8 Å². The number of para-hydroxylation sites is 1. The minimum atomic E-state index is -0.0362. The third kappa shape index (κ3) is 2.11. The van der Waals surface area contributed by atoms with Crippen LogP contribution in [0.2, 0.25) is 0 Å². The van der Waals surface area contributed by atoms with Gasteiger partial charge in [-0.3, -0.25) is 9.36 Å². The molecule has 0 saturated heterocycles. The molecule has 20 heavy (non-hydrogen) atoms. The van der Waals surface area contributed by atoms with E-state index in [1.807, 2.05) is 30.3 Å². The molecule has 5 heteroatoms. The second-order valence-electron chi connectivity index (χ2n) is 5.23. The van der Waals surface area contributed by atoms with Crippen molar-refractivity contribution >= 4 is 11.0 Å². The molecule has 102 valence electrons. The molecule has 0 spiro atoms. The Labute approximate surface area is 116 Å². The van der Waals surface area contributed by atoms with Gasteiger partial charge < -0.3 is 0 Å². The monoisotopic (exact) mass is 268 g/mol. The van der Waals surface area contributed by atoms with Gasteiger partial charge in [0.05, 0.1) is 18.2 Å². The highest BCUT2D eigenvalue weighted by atomic mass is 16.1. The highest BCUT2D eigenvalue weighted by Crippen LogP contribution is 2.13. The van der Waals surface area contributed by atoms with Crippen LogP contribution in [0.15, 0.2) is 47.7 Å². The molecule has 0 aliphatic rings. The topological polar surface area (TPSA) is 52.7 Å². The van der Waals surface area contributed by atoms with Crippen LogP contribution in [-0.4, -0.2) is 19.3 Å². The van der Waals surface area contributed by atoms with Gasteiger partial charge in [0.25, 0.3) is 5.56 Å². The van der Waals surface area contributed by atoms with Gasteiger partial charge in [0.2, 0.25) is 0 Å². The average Bonchev–Trinajstić information content (AvgIpc) is 2.87. The third-order valence-electron chi connectivity index (χ3n) is 3.12. The Bertz CT molecular complexity index is 786. The molecule has 2 heterocycles. The van der Waals surface area contributed by atoms with Crippen molar-refractivity contribution in [1.29, 1.82) is 0 Å². The van der Waals surface area contributed by atoms with Gasteiger partial charge in [-0.25, -0.2) is 9.67 Å². The van der Waals surface area contributed by atoms with Crippen LogP contribution in [0.3, 0.4) is 0 Å². The molecule has 3 aromatic rings. The van der Waals surface area contributed by atoms with Crippen LogP contribution < -0.4 is 5.56 Å². The first-order chi connectivity index (χ1) is 9.66. The maximum Gasteiger partial charge on any atom is 0.264 e. The van der Waals surface area contributed by atoms with E-state index in [2.05, 4.69) is 23.9 Å². The zero-order valence-corrected chi connectivity index (χ0v) is 11.5. The summed E-state index contributed by atoms with van der Waals surface area (Å²) in [5.74, 6) is 0.399. The fourth-order valence-corrected chi connectivity index (χ4v) is 2.23. The minimum Gasteiger partial charge on any atom is -0.298 e. The third-order valence-corrected chi connectivity index (χ3v) is 3.12. The quantitative estimate of drug-likeness (QED) is 0.732. The summed E-state index contributed by atoms with van der Waals surface area (Å²) in [5, 5.41) is 4.84. The summed E-state index contributed by atoms with van der Waals surface area (Å²) in [4.78, 5) is 16.8. The van der Waals surface area contributed by atoms with Gasteiger partial charge >= 0.3 is 0 Å². The summed E-state index contributed by atoms with van der Waals surface area (Å²) in [6.45, 7) is 4.81. The molecule has 0 bridgehead atoms. The van der Waals surface area contributed by atoms with Crippen molar-refractivity contribution in [2.75, 3.05) is 0 Å². The lowest BCUT2D eigenvalue weighted by molar-refractivity contribution is 0.508. The van der Waals surface area contributed by atoms with E-state index in [9.17, 15) is 4.79 Å². The van der Waals surface area contributed by atoms with E-state index in [0.717, 1.165) is 5.69 Å². The van der Waals surface area contributed by atoms with Crippen LogP contribution in [-0.2, 0) is 6.54 Å². The van der Waals surface area contributed by atoms with Crippen molar-refractivity contribution in [1.82, 2.24) is 19.3 Å². The van der Waals surface area contributed by atoms with E-state index < -0.39 is 0 Å². The molecule has 2 aromatic heterocycles. The van der Waals surface area contributed by atoms with Crippen LogP contribution >= 0.6 is 0 Å². The Kier molecular flexibility index (Phi) is 3.10. The number of hydrogen-bond donors (Lipinski definition) is 0. The van der Waals surface area contributed by atoms with E-state index in [0.29, 0.717) is 23.5 Å². The van der Waals surface area contributed by atoms with E-state index >= 15 is 0 Å². The number of nitrogens with zero attached hydrogens (tertiary/aromatic N) is 4. The lowest BCUT2D eigenvalue weighted by Crippen LogP contribution is -2.22. The Morgan fingerprint density at radius 1 is 1.20 bits per heavy atom. The predicted molar refractivity (Wildman–Crippen MR) is 78.0 cm³/mol. The highest BCUT2D eigenvalue weighted by Gasteiger charge is 2.11. The summed E-state index contributed by atoms with van der Waals surface area (Å²) >= 11 is 0. The highest BCUT2D eigenvalue weighted by molar-refractivity contribution is 5.74. The molecule has 3 rings (SSSR count). The molecule has 0 unspecified atom stereocenters. The molecule has 1 aromatic carbocycles. The van der Waals surface area contributed by atoms with E-state index in [4.69, 9.17) is 0 Å². The number of fused-ring (bicyclic) bond motifs is 1. The summed E-state index contributed by atoms with van der Waals surface area (Å²) in [5.41, 5.74) is 1.46. The van der Waals surface area contributed by atoms with Gasteiger partial charge in [-0.2, -0.15) is 5.10 Å². The van der Waals surface area contributed by atoms with Crippen molar-refractivity contribution in [3.8, 4) is 5.69 Å². The molecular formula is C15H16N4O. The molecule has 0 radical (unpaired) electrons. The van der Waals surface area contributed by atoms with Crippen molar-refractivity contribution in [2.24, 2.45) is 5.92 Å². The Balaban J connectivity index is 2.16. The maximum atomic E-state index is 12.4. The molecular weight excluding hydrogens is 252 g/mol. The van der Waals surface area contributed by atoms with Gasteiger partial charge in [0.15, 0.2) is 5.65 Å². The molecule has 0 saturated carbocycles. The van der Waals surface area contributed by atoms with E-state index in [1.165, 1.54) is 0 Å². The Morgan fingerprint density at radius 3 is 2.65 bits per heavy atom. The van der Waals surface area contributed by atoms with Crippen molar-refractivity contribution in [3.63, 3.8) is 0 Å². The lowest BCUT2D eigenvalue weighted by Gasteiger charge is -2.08. The first kappa shape index (κ1) is 12.6. The zero-order chi connectivity index (χ0) is 14.1. The fourth-order valence-electron chi connectivity index (χ4n) is 2.23. The van der Waals surface area contributed by atoms with Crippen LogP contribution in [0.4, 0.5) is 0 Å². The van der Waals surface area contributed by atoms with Crippen LogP contribution in [0.5, 0.6) is 0 Å². The molecule has 0 N–H and O–H groups in total. The van der Waals surface area contributed by atoms with Gasteiger partial charge in [0.1, 0.15) is 5.39 Å². The van der Waals surface area contributed by atoms with Crippen molar-refractivity contribution in [3.05, 3.63) is 53.2 Å². The average molecular weight is 268 g/mol. The van der Waals surface area contributed by atoms with Gasteiger partial charge in [0, 0.05) is 6.54 Å². The molecule has 0 aliphatic carbocycles. The van der Waals surface area contributed by atoms with Gasteiger partial charge in [-0.1, -0.05) is 32.0 Å². The Hall–Kier alpha value is -2.43. The molecule has 0 atom stereocenters. The van der Waals surface area contributed by atoms with Crippen LogP contribution in [0.25, 0.3) is 16.7 Å². The van der Waals surface area contributed by atoms with Gasteiger partial charge in [-0.15, -0.1) is 0 Å². The zero-order valence-electron chi connectivity index (χ0n) is 11.5. The van der Waals surface area contributed by atoms with E-state index in [-0.39, 0.29) is 5.56 Å². The maximum absolute atomic E-state index is 12.4. The van der Waals surface area contributed by atoms with Crippen molar-refractivity contribution in [2.45, 2.75) is 20.4 Å². The molecule has 0 amide bonds. The summed E-state index contributed by atoms with van der Waals surface area (Å²) in [7, 11) is 0. The summed E-state index contributed by atoms with van der Waals surface area (Å²) in [6, 6.07) is 9.69. The van der Waals surface area contributed by atoms with Crippen LogP contribution in [0, 0.1) is 5.92 Å². The molecule has 0 fully saturated rings. The van der Waals surface area contributed by atoms with Crippen molar-refractivity contribution < 1.29 is 0 Å². The normalized spacial score (nSPS) is 11.3. The number of benzene rings is 1. The summed E-state index contributed by atoms with van der Waals surface area (Å²) in [6.07, 6.45) is 3.19. The second-order valence-corrected chi connectivity index (χ2v) is 5.23. The first-order valence-corrected chi connectivity index (χ1v) is 6.65. The predicted octanol–water partition coefficient (Wildman–Crippen LogP) is 2.24. The second kappa shape index (κ2) is 4.92. The SMILES string of the molecule is CC(C)Cn1cnc2c(cnn2-c2ccccc2)c1=O. The largest absolute Gasteiger partial charge is 0.298 e. The molecule has 5 nitrogen and oxygen atoms in total. The number of rotatable bonds is 3.